The highest BCUT2D eigenvalue weighted by Gasteiger charge is 2.48. The summed E-state index contributed by atoms with van der Waals surface area (Å²) >= 11 is 0. The predicted molar refractivity (Wildman–Crippen MR) is 120 cm³/mol. The van der Waals surface area contributed by atoms with E-state index in [1.165, 1.54) is 12.8 Å². The normalized spacial score (nSPS) is 22.4. The highest BCUT2D eigenvalue weighted by Crippen LogP contribution is 2.31. The zero-order valence-corrected chi connectivity index (χ0v) is 18.7. The van der Waals surface area contributed by atoms with E-state index in [9.17, 15) is 9.59 Å². The number of carbonyl (C=O) groups is 2. The molecule has 1 N–H and O–H groups in total. The van der Waals surface area contributed by atoms with Crippen LogP contribution < -0.4 is 5.32 Å². The van der Waals surface area contributed by atoms with E-state index in [2.05, 4.69) is 10.3 Å². The Bertz CT molecular complexity index is 932. The number of hydrogen-bond acceptors (Lipinski definition) is 4. The van der Waals surface area contributed by atoms with Crippen LogP contribution in [0.1, 0.15) is 69.4 Å². The van der Waals surface area contributed by atoms with Crippen LogP contribution in [-0.2, 0) is 16.1 Å². The molecule has 1 aromatic carbocycles. The summed E-state index contributed by atoms with van der Waals surface area (Å²) in [5.74, 6) is 0.169. The molecular weight excluding hydrogens is 392 g/mol. The lowest BCUT2D eigenvalue weighted by Gasteiger charge is -2.44. The molecule has 1 aliphatic heterocycles. The Kier molecular flexibility index (Phi) is 6.60. The number of nitrogens with zero attached hydrogens (tertiary/aromatic N) is 3. The number of carbonyl (C=O) groups excluding carboxylic acids is 2. The van der Waals surface area contributed by atoms with Gasteiger partial charge in [0.1, 0.15) is 5.54 Å². The van der Waals surface area contributed by atoms with Gasteiger partial charge in [0, 0.05) is 25.8 Å². The van der Waals surface area contributed by atoms with Gasteiger partial charge in [-0.2, -0.15) is 0 Å². The van der Waals surface area contributed by atoms with Crippen LogP contribution in [0.5, 0.6) is 0 Å². The third-order valence-electron chi connectivity index (χ3n) is 6.71. The quantitative estimate of drug-likeness (QED) is 0.543. The molecule has 168 valence electrons. The number of amides is 2. The predicted octanol–water partition coefficient (Wildman–Crippen LogP) is 3.52. The van der Waals surface area contributed by atoms with Gasteiger partial charge in [0.05, 0.1) is 17.6 Å². The maximum atomic E-state index is 13.6. The maximum absolute atomic E-state index is 13.6. The molecule has 1 aromatic heterocycles. The molecule has 7 heteroatoms. The fraction of sp³-hybridized carbons (Fsp3) is 0.625. The Morgan fingerprint density at radius 1 is 1.23 bits per heavy atom. The zero-order chi connectivity index (χ0) is 21.8. The van der Waals surface area contributed by atoms with Crippen LogP contribution in [0.25, 0.3) is 11.0 Å². The highest BCUT2D eigenvalue weighted by molar-refractivity contribution is 6.01. The number of rotatable bonds is 7. The lowest BCUT2D eigenvalue weighted by molar-refractivity contribution is -0.133. The molecule has 1 saturated carbocycles. The average molecular weight is 427 g/mol. The molecule has 0 unspecified atom stereocenters. The van der Waals surface area contributed by atoms with Crippen LogP contribution in [-0.4, -0.2) is 57.6 Å². The van der Waals surface area contributed by atoms with E-state index in [0.29, 0.717) is 38.5 Å². The van der Waals surface area contributed by atoms with Crippen LogP contribution in [0.15, 0.2) is 24.3 Å². The molecule has 0 saturated heterocycles. The first-order valence-corrected chi connectivity index (χ1v) is 11.7. The van der Waals surface area contributed by atoms with Gasteiger partial charge < -0.3 is 19.5 Å². The number of aromatic nitrogens is 2. The molecule has 1 aliphatic carbocycles. The Morgan fingerprint density at radius 3 is 2.71 bits per heavy atom. The van der Waals surface area contributed by atoms with Gasteiger partial charge >= 0.3 is 0 Å². The van der Waals surface area contributed by atoms with Gasteiger partial charge in [0.15, 0.2) is 5.82 Å². The fourth-order valence-corrected chi connectivity index (χ4v) is 4.91. The van der Waals surface area contributed by atoms with Crippen molar-refractivity contribution in [1.82, 2.24) is 19.8 Å². The van der Waals surface area contributed by atoms with Crippen molar-refractivity contribution in [2.24, 2.45) is 0 Å². The highest BCUT2D eigenvalue weighted by atomic mass is 16.5. The molecule has 2 aromatic rings. The number of nitrogens with one attached hydrogen (secondary N) is 1. The molecular formula is C24H34N4O3. The summed E-state index contributed by atoms with van der Waals surface area (Å²) < 4.78 is 7.40. The van der Waals surface area contributed by atoms with Crippen molar-refractivity contribution in [1.29, 1.82) is 0 Å². The molecule has 2 aliphatic rings. The van der Waals surface area contributed by atoms with Crippen molar-refractivity contribution in [2.75, 3.05) is 19.8 Å². The van der Waals surface area contributed by atoms with Gasteiger partial charge in [-0.25, -0.2) is 4.98 Å². The van der Waals surface area contributed by atoms with E-state index in [4.69, 9.17) is 4.74 Å². The van der Waals surface area contributed by atoms with Gasteiger partial charge in [-0.05, 0) is 45.2 Å². The maximum Gasteiger partial charge on any atom is 0.290 e. The second-order valence-corrected chi connectivity index (χ2v) is 8.95. The van der Waals surface area contributed by atoms with Gasteiger partial charge in [-0.1, -0.05) is 37.8 Å². The molecule has 31 heavy (non-hydrogen) atoms. The van der Waals surface area contributed by atoms with Gasteiger partial charge in [-0.3, -0.25) is 9.59 Å². The van der Waals surface area contributed by atoms with E-state index in [-0.39, 0.29) is 17.9 Å². The van der Waals surface area contributed by atoms with Crippen LogP contribution in [0, 0.1) is 0 Å². The number of ether oxygens (including phenoxy) is 1. The van der Waals surface area contributed by atoms with Gasteiger partial charge in [0.25, 0.3) is 5.91 Å². The molecule has 7 nitrogen and oxygen atoms in total. The molecule has 1 atom stereocenters. The molecule has 1 fully saturated rings. The Hall–Kier alpha value is -2.41. The van der Waals surface area contributed by atoms with E-state index in [1.54, 1.807) is 4.90 Å². The summed E-state index contributed by atoms with van der Waals surface area (Å²) in [5.41, 5.74) is 0.716. The Balaban J connectivity index is 1.64. The third kappa shape index (κ3) is 4.33. The van der Waals surface area contributed by atoms with Crippen LogP contribution in [0.2, 0.25) is 0 Å². The summed E-state index contributed by atoms with van der Waals surface area (Å²) in [4.78, 5) is 33.5. The molecule has 2 heterocycles. The first kappa shape index (κ1) is 21.8. The molecule has 0 bridgehead atoms. The summed E-state index contributed by atoms with van der Waals surface area (Å²) in [6.07, 6.45) is 7.47. The topological polar surface area (TPSA) is 76.5 Å². The Labute approximate surface area is 184 Å². The van der Waals surface area contributed by atoms with Crippen molar-refractivity contribution < 1.29 is 14.3 Å². The number of benzene rings is 1. The van der Waals surface area contributed by atoms with Gasteiger partial charge in [-0.15, -0.1) is 0 Å². The lowest BCUT2D eigenvalue weighted by Crippen LogP contribution is -2.65. The van der Waals surface area contributed by atoms with E-state index in [1.807, 2.05) is 42.7 Å². The summed E-state index contributed by atoms with van der Waals surface area (Å²) in [6.45, 7) is 5.94. The minimum atomic E-state index is -0.966. The average Bonchev–Trinajstić information content (AvgIpc) is 2.93. The smallest absolute Gasteiger partial charge is 0.290 e. The summed E-state index contributed by atoms with van der Waals surface area (Å²) in [6, 6.07) is 7.93. The van der Waals surface area contributed by atoms with Crippen molar-refractivity contribution in [3.05, 3.63) is 30.1 Å². The van der Waals surface area contributed by atoms with Crippen LogP contribution in [0.3, 0.4) is 0 Å². The molecule has 0 spiro atoms. The summed E-state index contributed by atoms with van der Waals surface area (Å²) in [5, 5.41) is 3.29. The fourth-order valence-electron chi connectivity index (χ4n) is 4.91. The number of hydrogen-bond donors (Lipinski definition) is 1. The van der Waals surface area contributed by atoms with Crippen molar-refractivity contribution in [2.45, 2.75) is 76.9 Å². The molecule has 4 rings (SSSR count). The second kappa shape index (κ2) is 9.39. The van der Waals surface area contributed by atoms with Crippen molar-refractivity contribution in [3.8, 4) is 0 Å². The minimum absolute atomic E-state index is 0.0624. The van der Waals surface area contributed by atoms with E-state index < -0.39 is 5.54 Å². The minimum Gasteiger partial charge on any atom is -0.382 e. The zero-order valence-electron chi connectivity index (χ0n) is 18.7. The van der Waals surface area contributed by atoms with Crippen molar-refractivity contribution >= 4 is 22.8 Å². The molecule has 2 amide bonds. The van der Waals surface area contributed by atoms with Crippen LogP contribution in [0.4, 0.5) is 0 Å². The van der Waals surface area contributed by atoms with Gasteiger partial charge in [0.2, 0.25) is 5.91 Å². The van der Waals surface area contributed by atoms with Crippen LogP contribution >= 0.6 is 0 Å². The third-order valence-corrected chi connectivity index (χ3v) is 6.71. The standard InChI is InChI=1S/C24H34N4O3/c1-3-31-16-10-15-28-22(29)21-26-19-13-8-9-14-20(19)27(21)17-24(28,2)23(30)25-18-11-6-4-5-7-12-18/h8-9,13-14,18H,3-7,10-12,15-17H2,1-2H3,(H,25,30)/t24-/m1/s1. The first-order valence-electron chi connectivity index (χ1n) is 11.7. The lowest BCUT2D eigenvalue weighted by atomic mass is 9.93. The summed E-state index contributed by atoms with van der Waals surface area (Å²) in [7, 11) is 0. The monoisotopic (exact) mass is 426 g/mol. The number of para-hydroxylation sites is 2. The van der Waals surface area contributed by atoms with Crippen molar-refractivity contribution in [3.63, 3.8) is 0 Å². The van der Waals surface area contributed by atoms with E-state index in [0.717, 1.165) is 36.7 Å². The second-order valence-electron chi connectivity index (χ2n) is 8.95. The number of imidazole rings is 1. The molecule has 0 radical (unpaired) electrons. The van der Waals surface area contributed by atoms with E-state index >= 15 is 0 Å². The SMILES string of the molecule is CCOCCCN1C(=O)c2nc3ccccc3n2C[C@]1(C)C(=O)NC1CCCCCC1. The number of fused-ring (bicyclic) bond motifs is 3. The largest absolute Gasteiger partial charge is 0.382 e. The first-order chi connectivity index (χ1) is 15.0. The Morgan fingerprint density at radius 2 is 1.97 bits per heavy atom.